The topological polar surface area (TPSA) is 76.1 Å². The molecule has 0 spiro atoms. The summed E-state index contributed by atoms with van der Waals surface area (Å²) in [7, 11) is 0. The van der Waals surface area contributed by atoms with E-state index in [1.807, 2.05) is 25.1 Å². The zero-order chi connectivity index (χ0) is 16.9. The van der Waals surface area contributed by atoms with Gasteiger partial charge in [0, 0.05) is 17.6 Å². The van der Waals surface area contributed by atoms with Gasteiger partial charge in [-0.15, -0.1) is 10.2 Å². The molecule has 1 aromatic carbocycles. The van der Waals surface area contributed by atoms with Gasteiger partial charge in [-0.2, -0.15) is 0 Å². The number of aryl methyl sites for hydroxylation is 1. The third kappa shape index (κ3) is 4.30. The van der Waals surface area contributed by atoms with E-state index in [9.17, 15) is 4.79 Å². The van der Waals surface area contributed by atoms with Gasteiger partial charge < -0.3 is 15.4 Å². The van der Waals surface area contributed by atoms with Gasteiger partial charge in [0.05, 0.1) is 11.8 Å². The van der Waals surface area contributed by atoms with Crippen LogP contribution in [0.4, 0.5) is 11.5 Å². The lowest BCUT2D eigenvalue weighted by molar-refractivity contribution is 0.0853. The van der Waals surface area contributed by atoms with E-state index >= 15 is 0 Å². The van der Waals surface area contributed by atoms with Gasteiger partial charge in [-0.3, -0.25) is 4.79 Å². The summed E-state index contributed by atoms with van der Waals surface area (Å²) in [5, 5.41) is 14.1. The van der Waals surface area contributed by atoms with Crippen LogP contribution in [-0.2, 0) is 4.74 Å². The molecule has 1 saturated heterocycles. The molecule has 24 heavy (non-hydrogen) atoms. The Balaban J connectivity index is 1.59. The largest absolute Gasteiger partial charge is 0.376 e. The number of anilines is 2. The number of carbonyl (C=O) groups excluding carboxylic acids is 1. The van der Waals surface area contributed by atoms with E-state index in [1.165, 1.54) is 0 Å². The molecule has 1 fully saturated rings. The van der Waals surface area contributed by atoms with E-state index in [2.05, 4.69) is 36.8 Å². The van der Waals surface area contributed by atoms with E-state index in [4.69, 9.17) is 4.74 Å². The number of aromatic nitrogens is 2. The summed E-state index contributed by atoms with van der Waals surface area (Å²) in [6.07, 6.45) is 2.15. The lowest BCUT2D eigenvalue weighted by atomic mass is 10.2. The summed E-state index contributed by atoms with van der Waals surface area (Å²) in [6, 6.07) is 9.38. The second-order valence-electron chi connectivity index (χ2n) is 5.76. The van der Waals surface area contributed by atoms with E-state index < -0.39 is 0 Å². The van der Waals surface area contributed by atoms with Gasteiger partial charge in [-0.25, -0.2) is 0 Å². The molecule has 1 aliphatic heterocycles. The molecule has 2 aromatic rings. The summed E-state index contributed by atoms with van der Waals surface area (Å²) in [5.41, 5.74) is 2.35. The summed E-state index contributed by atoms with van der Waals surface area (Å²) in [4.78, 5) is 12.1. The Labute approximate surface area is 149 Å². The van der Waals surface area contributed by atoms with Crippen LogP contribution in [0, 0.1) is 6.92 Å². The Kier molecular flexibility index (Phi) is 5.42. The summed E-state index contributed by atoms with van der Waals surface area (Å²) in [6.45, 7) is 3.31. The Hall–Kier alpha value is -1.99. The maximum Gasteiger partial charge on any atom is 0.271 e. The number of halogens is 1. The first kappa shape index (κ1) is 16.9. The summed E-state index contributed by atoms with van der Waals surface area (Å²) >= 11 is 3.51. The molecule has 1 unspecified atom stereocenters. The molecule has 2 heterocycles. The SMILES string of the molecule is Cc1ccc(Nc2ccc(C(=O)NCC3CCCO3)nn2)c(Br)c1. The first-order chi connectivity index (χ1) is 11.6. The number of amides is 1. The molecule has 126 valence electrons. The van der Waals surface area contributed by atoms with Crippen LogP contribution in [0.1, 0.15) is 28.9 Å². The van der Waals surface area contributed by atoms with Gasteiger partial charge in [-0.05, 0) is 65.5 Å². The fourth-order valence-corrected chi connectivity index (χ4v) is 3.07. The highest BCUT2D eigenvalue weighted by Gasteiger charge is 2.17. The standard InChI is InChI=1S/C17H19BrN4O2/c1-11-4-5-14(13(18)9-11)20-16-7-6-15(21-22-16)17(23)19-10-12-3-2-8-24-12/h4-7,9,12H,2-3,8,10H2,1H3,(H,19,23)(H,20,22). The predicted octanol–water partition coefficient (Wildman–Crippen LogP) is 3.20. The second kappa shape index (κ2) is 7.72. The van der Waals surface area contributed by atoms with Crippen molar-refractivity contribution in [2.45, 2.75) is 25.9 Å². The lowest BCUT2D eigenvalue weighted by Crippen LogP contribution is -2.32. The van der Waals surface area contributed by atoms with Crippen LogP contribution in [0.5, 0.6) is 0 Å². The van der Waals surface area contributed by atoms with Crippen molar-refractivity contribution in [2.24, 2.45) is 0 Å². The van der Waals surface area contributed by atoms with Crippen LogP contribution in [-0.4, -0.2) is 35.4 Å². The minimum absolute atomic E-state index is 0.113. The van der Waals surface area contributed by atoms with Gasteiger partial charge in [0.2, 0.25) is 0 Å². The number of nitrogens with one attached hydrogen (secondary N) is 2. The molecule has 1 aliphatic rings. The average molecular weight is 391 g/mol. The number of carbonyl (C=O) groups is 1. The molecular formula is C17H19BrN4O2. The van der Waals surface area contributed by atoms with E-state index in [-0.39, 0.29) is 12.0 Å². The molecule has 3 rings (SSSR count). The lowest BCUT2D eigenvalue weighted by Gasteiger charge is -2.11. The first-order valence-corrected chi connectivity index (χ1v) is 8.68. The van der Waals surface area contributed by atoms with Gasteiger partial charge in [0.15, 0.2) is 11.5 Å². The van der Waals surface area contributed by atoms with Crippen molar-refractivity contribution in [2.75, 3.05) is 18.5 Å². The van der Waals surface area contributed by atoms with E-state index in [0.717, 1.165) is 35.2 Å². The van der Waals surface area contributed by atoms with Gasteiger partial charge >= 0.3 is 0 Å². The third-order valence-corrected chi connectivity index (χ3v) is 4.45. The van der Waals surface area contributed by atoms with Crippen LogP contribution >= 0.6 is 15.9 Å². The number of rotatable bonds is 5. The quantitative estimate of drug-likeness (QED) is 0.819. The average Bonchev–Trinajstić information content (AvgIpc) is 3.09. The number of ether oxygens (including phenoxy) is 1. The van der Waals surface area contributed by atoms with Gasteiger partial charge in [-0.1, -0.05) is 6.07 Å². The summed E-state index contributed by atoms with van der Waals surface area (Å²) in [5.74, 6) is 0.344. The first-order valence-electron chi connectivity index (χ1n) is 7.88. The number of hydrogen-bond donors (Lipinski definition) is 2. The van der Waals surface area contributed by atoms with Crippen LogP contribution in [0.3, 0.4) is 0 Å². The third-order valence-electron chi connectivity index (χ3n) is 3.80. The zero-order valence-electron chi connectivity index (χ0n) is 13.4. The molecule has 1 atom stereocenters. The predicted molar refractivity (Wildman–Crippen MR) is 95.5 cm³/mol. The fourth-order valence-electron chi connectivity index (χ4n) is 2.48. The molecule has 0 aliphatic carbocycles. The Bertz CT molecular complexity index is 715. The molecule has 1 aromatic heterocycles. The zero-order valence-corrected chi connectivity index (χ0v) is 15.0. The van der Waals surface area contributed by atoms with Gasteiger partial charge in [0.25, 0.3) is 5.91 Å². The fraction of sp³-hybridized carbons (Fsp3) is 0.353. The molecule has 0 bridgehead atoms. The van der Waals surface area contributed by atoms with Crippen LogP contribution in [0.2, 0.25) is 0 Å². The molecule has 7 heteroatoms. The van der Waals surface area contributed by atoms with Gasteiger partial charge in [0.1, 0.15) is 0 Å². The summed E-state index contributed by atoms with van der Waals surface area (Å²) < 4.78 is 6.43. The highest BCUT2D eigenvalue weighted by molar-refractivity contribution is 9.10. The molecule has 6 nitrogen and oxygen atoms in total. The van der Waals surface area contributed by atoms with E-state index in [0.29, 0.717) is 18.1 Å². The highest BCUT2D eigenvalue weighted by Crippen LogP contribution is 2.25. The van der Waals surface area contributed by atoms with Crippen molar-refractivity contribution in [1.82, 2.24) is 15.5 Å². The molecule has 0 radical (unpaired) electrons. The minimum Gasteiger partial charge on any atom is -0.376 e. The monoisotopic (exact) mass is 390 g/mol. The smallest absolute Gasteiger partial charge is 0.271 e. The van der Waals surface area contributed by atoms with Crippen LogP contribution in [0.15, 0.2) is 34.8 Å². The van der Waals surface area contributed by atoms with Crippen molar-refractivity contribution in [3.63, 3.8) is 0 Å². The minimum atomic E-state index is -0.235. The highest BCUT2D eigenvalue weighted by atomic mass is 79.9. The van der Waals surface area contributed by atoms with Crippen molar-refractivity contribution >= 4 is 33.3 Å². The Morgan fingerprint density at radius 1 is 1.33 bits per heavy atom. The molecule has 0 saturated carbocycles. The number of hydrogen-bond acceptors (Lipinski definition) is 5. The molecule has 2 N–H and O–H groups in total. The maximum atomic E-state index is 12.1. The Morgan fingerprint density at radius 2 is 2.21 bits per heavy atom. The van der Waals surface area contributed by atoms with Crippen molar-refractivity contribution < 1.29 is 9.53 Å². The molecule has 1 amide bonds. The second-order valence-corrected chi connectivity index (χ2v) is 6.61. The van der Waals surface area contributed by atoms with Crippen molar-refractivity contribution in [1.29, 1.82) is 0 Å². The normalized spacial score (nSPS) is 16.8. The van der Waals surface area contributed by atoms with Crippen LogP contribution < -0.4 is 10.6 Å². The maximum absolute atomic E-state index is 12.1. The van der Waals surface area contributed by atoms with E-state index in [1.54, 1.807) is 12.1 Å². The van der Waals surface area contributed by atoms with Crippen LogP contribution in [0.25, 0.3) is 0 Å². The molecular weight excluding hydrogens is 372 g/mol. The number of benzene rings is 1. The van der Waals surface area contributed by atoms with Crippen molar-refractivity contribution in [3.8, 4) is 0 Å². The van der Waals surface area contributed by atoms with Crippen molar-refractivity contribution in [3.05, 3.63) is 46.1 Å². The Morgan fingerprint density at radius 3 is 2.88 bits per heavy atom. The number of nitrogens with zero attached hydrogens (tertiary/aromatic N) is 2.